The Balaban J connectivity index is 1.94. The van der Waals surface area contributed by atoms with Gasteiger partial charge in [-0.2, -0.15) is 0 Å². The fourth-order valence-electron chi connectivity index (χ4n) is 3.01. The van der Waals surface area contributed by atoms with Crippen molar-refractivity contribution in [3.05, 3.63) is 35.2 Å². The normalized spacial score (nSPS) is 21.1. The molecule has 3 rings (SSSR count). The number of aliphatic hydroxyl groups is 1. The summed E-state index contributed by atoms with van der Waals surface area (Å²) in [6, 6.07) is 7.95. The van der Waals surface area contributed by atoms with Crippen LogP contribution in [0.2, 0.25) is 0 Å². The predicted molar refractivity (Wildman–Crippen MR) is 82.2 cm³/mol. The van der Waals surface area contributed by atoms with E-state index in [1.165, 1.54) is 0 Å². The Morgan fingerprint density at radius 1 is 1.40 bits per heavy atom. The zero-order chi connectivity index (χ0) is 14.1. The highest BCUT2D eigenvalue weighted by molar-refractivity contribution is 7.17. The van der Waals surface area contributed by atoms with Crippen LogP contribution < -0.4 is 0 Å². The van der Waals surface area contributed by atoms with Gasteiger partial charge in [-0.25, -0.2) is 0 Å². The number of hydrogen-bond donors (Lipinski definition) is 1. The quantitative estimate of drug-likeness (QED) is 0.921. The van der Waals surface area contributed by atoms with Gasteiger partial charge in [-0.05, 0) is 32.3 Å². The van der Waals surface area contributed by atoms with Crippen LogP contribution in [0.25, 0.3) is 10.1 Å². The van der Waals surface area contributed by atoms with Crippen LogP contribution in [0, 0.1) is 0 Å². The van der Waals surface area contributed by atoms with Gasteiger partial charge in [0, 0.05) is 22.0 Å². The van der Waals surface area contributed by atoms with Gasteiger partial charge < -0.3 is 10.0 Å². The molecule has 2 atom stereocenters. The van der Waals surface area contributed by atoms with Crippen molar-refractivity contribution >= 4 is 27.3 Å². The van der Waals surface area contributed by atoms with Crippen LogP contribution in [-0.4, -0.2) is 34.6 Å². The zero-order valence-electron chi connectivity index (χ0n) is 11.6. The number of amides is 1. The molecule has 1 aliphatic heterocycles. The standard InChI is InChI=1S/C16H19NO2S/c1-11(18)14-7-4-5-9-17(14)16(19)13-10-20-15-8-3-2-6-12(13)15/h2-3,6,8,10-11,14,18H,4-5,7,9H2,1H3/t11-,14-/m0/s1. The first-order valence-electron chi connectivity index (χ1n) is 7.14. The highest BCUT2D eigenvalue weighted by Gasteiger charge is 2.31. The summed E-state index contributed by atoms with van der Waals surface area (Å²) in [6.07, 6.45) is 2.54. The number of aliphatic hydroxyl groups excluding tert-OH is 1. The third kappa shape index (κ3) is 2.34. The molecule has 0 saturated carbocycles. The van der Waals surface area contributed by atoms with Crippen molar-refractivity contribution in [3.63, 3.8) is 0 Å². The Kier molecular flexibility index (Phi) is 3.76. The lowest BCUT2D eigenvalue weighted by Gasteiger charge is -2.37. The number of likely N-dealkylation sites (tertiary alicyclic amines) is 1. The minimum atomic E-state index is -0.468. The van der Waals surface area contributed by atoms with Crippen LogP contribution in [0.3, 0.4) is 0 Å². The third-order valence-corrected chi connectivity index (χ3v) is 5.04. The van der Waals surface area contributed by atoms with E-state index in [2.05, 4.69) is 0 Å². The molecule has 2 heterocycles. The zero-order valence-corrected chi connectivity index (χ0v) is 12.4. The van der Waals surface area contributed by atoms with Gasteiger partial charge in [0.05, 0.1) is 17.7 Å². The van der Waals surface area contributed by atoms with Crippen molar-refractivity contribution in [2.24, 2.45) is 0 Å². The first-order valence-corrected chi connectivity index (χ1v) is 8.01. The lowest BCUT2D eigenvalue weighted by molar-refractivity contribution is 0.0283. The van der Waals surface area contributed by atoms with E-state index >= 15 is 0 Å². The summed E-state index contributed by atoms with van der Waals surface area (Å²) in [5, 5.41) is 12.9. The number of piperidine rings is 1. The molecule has 1 amide bonds. The third-order valence-electron chi connectivity index (χ3n) is 4.08. The molecular formula is C16H19NO2S. The first kappa shape index (κ1) is 13.6. The molecule has 20 heavy (non-hydrogen) atoms. The highest BCUT2D eigenvalue weighted by Crippen LogP contribution is 2.29. The number of benzene rings is 1. The van der Waals surface area contributed by atoms with E-state index in [1.807, 2.05) is 34.5 Å². The monoisotopic (exact) mass is 289 g/mol. The van der Waals surface area contributed by atoms with Crippen LogP contribution >= 0.6 is 11.3 Å². The van der Waals surface area contributed by atoms with Crippen LogP contribution in [0.4, 0.5) is 0 Å². The van der Waals surface area contributed by atoms with Crippen molar-refractivity contribution in [2.45, 2.75) is 38.3 Å². The van der Waals surface area contributed by atoms with Gasteiger partial charge in [0.15, 0.2) is 0 Å². The van der Waals surface area contributed by atoms with Crippen LogP contribution in [0.1, 0.15) is 36.5 Å². The molecule has 0 spiro atoms. The summed E-state index contributed by atoms with van der Waals surface area (Å²) in [6.45, 7) is 2.53. The van der Waals surface area contributed by atoms with Gasteiger partial charge in [0.1, 0.15) is 0 Å². The van der Waals surface area contributed by atoms with Crippen LogP contribution in [0.15, 0.2) is 29.6 Å². The molecule has 2 aromatic rings. The second-order valence-corrected chi connectivity index (χ2v) is 6.36. The van der Waals surface area contributed by atoms with E-state index in [1.54, 1.807) is 18.3 Å². The molecule has 0 radical (unpaired) electrons. The van der Waals surface area contributed by atoms with E-state index in [4.69, 9.17) is 0 Å². The number of fused-ring (bicyclic) bond motifs is 1. The van der Waals surface area contributed by atoms with Crippen molar-refractivity contribution in [2.75, 3.05) is 6.54 Å². The number of carbonyl (C=O) groups is 1. The van der Waals surface area contributed by atoms with Crippen molar-refractivity contribution in [1.82, 2.24) is 4.90 Å². The highest BCUT2D eigenvalue weighted by atomic mass is 32.1. The van der Waals surface area contributed by atoms with Gasteiger partial charge in [0.25, 0.3) is 5.91 Å². The summed E-state index contributed by atoms with van der Waals surface area (Å²) in [5.74, 6) is 0.0630. The van der Waals surface area contributed by atoms with E-state index < -0.39 is 6.10 Å². The van der Waals surface area contributed by atoms with Crippen molar-refractivity contribution in [1.29, 1.82) is 0 Å². The molecule has 1 aromatic carbocycles. The SMILES string of the molecule is C[C@H](O)[C@@H]1CCCCN1C(=O)c1csc2ccccc12. The number of hydrogen-bond acceptors (Lipinski definition) is 3. The first-order chi connectivity index (χ1) is 9.68. The molecule has 1 aromatic heterocycles. The maximum atomic E-state index is 12.8. The van der Waals surface area contributed by atoms with E-state index in [9.17, 15) is 9.90 Å². The number of rotatable bonds is 2. The summed E-state index contributed by atoms with van der Waals surface area (Å²) < 4.78 is 1.14. The maximum absolute atomic E-state index is 12.8. The fourth-order valence-corrected chi connectivity index (χ4v) is 3.94. The minimum Gasteiger partial charge on any atom is -0.391 e. The fraction of sp³-hybridized carbons (Fsp3) is 0.438. The van der Waals surface area contributed by atoms with Crippen LogP contribution in [-0.2, 0) is 0 Å². The molecule has 1 N–H and O–H groups in total. The van der Waals surface area contributed by atoms with Crippen molar-refractivity contribution in [3.8, 4) is 0 Å². The summed E-state index contributed by atoms with van der Waals surface area (Å²) in [4.78, 5) is 14.7. The Hall–Kier alpha value is -1.39. The predicted octanol–water partition coefficient (Wildman–Crippen LogP) is 3.28. The molecule has 4 heteroatoms. The molecule has 3 nitrogen and oxygen atoms in total. The lowest BCUT2D eigenvalue weighted by atomic mass is 9.97. The molecule has 106 valence electrons. The second-order valence-electron chi connectivity index (χ2n) is 5.45. The smallest absolute Gasteiger partial charge is 0.255 e. The molecule has 0 unspecified atom stereocenters. The maximum Gasteiger partial charge on any atom is 0.255 e. The van der Waals surface area contributed by atoms with E-state index in [0.717, 1.165) is 41.5 Å². The molecule has 1 saturated heterocycles. The average Bonchev–Trinajstić information content (AvgIpc) is 2.90. The van der Waals surface area contributed by atoms with Gasteiger partial charge in [-0.3, -0.25) is 4.79 Å². The summed E-state index contributed by atoms with van der Waals surface area (Å²) in [5.41, 5.74) is 0.776. The van der Waals surface area contributed by atoms with E-state index in [0.29, 0.717) is 0 Å². The number of nitrogens with zero attached hydrogens (tertiary/aromatic N) is 1. The lowest BCUT2D eigenvalue weighted by Crippen LogP contribution is -2.48. The molecule has 0 aliphatic carbocycles. The molecular weight excluding hydrogens is 270 g/mol. The number of carbonyl (C=O) groups excluding carboxylic acids is 1. The minimum absolute atomic E-state index is 0.0464. The topological polar surface area (TPSA) is 40.5 Å². The van der Waals surface area contributed by atoms with Crippen molar-refractivity contribution < 1.29 is 9.90 Å². The van der Waals surface area contributed by atoms with E-state index in [-0.39, 0.29) is 11.9 Å². The summed E-state index contributed by atoms with van der Waals surface area (Å²) >= 11 is 1.61. The molecule has 1 fully saturated rings. The summed E-state index contributed by atoms with van der Waals surface area (Å²) in [7, 11) is 0. The molecule has 1 aliphatic rings. The second kappa shape index (κ2) is 5.54. The Morgan fingerprint density at radius 2 is 2.20 bits per heavy atom. The molecule has 0 bridgehead atoms. The Labute approximate surface area is 122 Å². The Morgan fingerprint density at radius 3 is 3.00 bits per heavy atom. The largest absolute Gasteiger partial charge is 0.391 e. The number of thiophene rings is 1. The van der Waals surface area contributed by atoms with Gasteiger partial charge >= 0.3 is 0 Å². The Bertz CT molecular complexity index is 620. The average molecular weight is 289 g/mol. The van der Waals surface area contributed by atoms with Gasteiger partial charge in [0.2, 0.25) is 0 Å². The van der Waals surface area contributed by atoms with Gasteiger partial charge in [-0.15, -0.1) is 11.3 Å². The van der Waals surface area contributed by atoms with Gasteiger partial charge in [-0.1, -0.05) is 18.2 Å². The van der Waals surface area contributed by atoms with Crippen LogP contribution in [0.5, 0.6) is 0 Å².